The van der Waals surface area contributed by atoms with E-state index in [2.05, 4.69) is 29.0 Å². The van der Waals surface area contributed by atoms with Crippen LogP contribution in [0.1, 0.15) is 18.2 Å². The highest BCUT2D eigenvalue weighted by Gasteiger charge is 2.32. The number of aryl methyl sites for hydroxylation is 1. The molecular weight excluding hydrogens is 244 g/mol. The lowest BCUT2D eigenvalue weighted by atomic mass is 10.1. The van der Waals surface area contributed by atoms with Crippen molar-refractivity contribution in [2.24, 2.45) is 7.05 Å². The van der Waals surface area contributed by atoms with Crippen molar-refractivity contribution in [3.63, 3.8) is 0 Å². The highest BCUT2D eigenvalue weighted by atomic mass is 16.5. The lowest BCUT2D eigenvalue weighted by Crippen LogP contribution is -2.42. The summed E-state index contributed by atoms with van der Waals surface area (Å²) in [4.78, 5) is 4.49. The van der Waals surface area contributed by atoms with Gasteiger partial charge in [-0.25, -0.2) is 0 Å². The minimum absolute atomic E-state index is 0.0526. The molecule has 6 heteroatoms. The average molecular weight is 268 g/mol. The smallest absolute Gasteiger partial charge is 0.162 e. The number of nitrogens with zero attached hydrogens (tertiary/aromatic N) is 4. The lowest BCUT2D eigenvalue weighted by Gasteiger charge is -2.31. The summed E-state index contributed by atoms with van der Waals surface area (Å²) in [5, 5.41) is 14.9. The molecule has 0 bridgehead atoms. The van der Waals surface area contributed by atoms with Crippen LogP contribution in [0, 0.1) is 0 Å². The van der Waals surface area contributed by atoms with Crippen LogP contribution in [0.4, 0.5) is 0 Å². The van der Waals surface area contributed by atoms with E-state index in [1.807, 2.05) is 7.05 Å². The van der Waals surface area contributed by atoms with Gasteiger partial charge < -0.3 is 14.7 Å². The Labute approximate surface area is 114 Å². The highest BCUT2D eigenvalue weighted by molar-refractivity contribution is 5.28. The van der Waals surface area contributed by atoms with Crippen LogP contribution in [-0.2, 0) is 7.05 Å². The zero-order valence-electron chi connectivity index (χ0n) is 12.2. The molecule has 2 unspecified atom stereocenters. The second-order valence-electron chi connectivity index (χ2n) is 5.33. The number of aliphatic hydroxyl groups is 1. The van der Waals surface area contributed by atoms with Crippen LogP contribution in [0.3, 0.4) is 0 Å². The SMILES string of the molecule is COc1cnn(C)c1C(O)C1CN(C)CCCN1C. The molecule has 1 aromatic heterocycles. The first-order valence-electron chi connectivity index (χ1n) is 6.67. The molecule has 1 aliphatic rings. The molecule has 2 atom stereocenters. The monoisotopic (exact) mass is 268 g/mol. The number of rotatable bonds is 3. The van der Waals surface area contributed by atoms with Crippen molar-refractivity contribution in [2.45, 2.75) is 18.6 Å². The molecule has 108 valence electrons. The van der Waals surface area contributed by atoms with Crippen molar-refractivity contribution in [3.05, 3.63) is 11.9 Å². The third-order valence-corrected chi connectivity index (χ3v) is 3.93. The van der Waals surface area contributed by atoms with E-state index in [0.717, 1.165) is 31.7 Å². The zero-order valence-corrected chi connectivity index (χ0v) is 12.2. The predicted molar refractivity (Wildman–Crippen MR) is 73.3 cm³/mol. The summed E-state index contributed by atoms with van der Waals surface area (Å²) in [6.45, 7) is 2.90. The van der Waals surface area contributed by atoms with E-state index in [0.29, 0.717) is 5.75 Å². The maximum Gasteiger partial charge on any atom is 0.162 e. The zero-order chi connectivity index (χ0) is 14.0. The van der Waals surface area contributed by atoms with Gasteiger partial charge in [-0.3, -0.25) is 9.58 Å². The quantitative estimate of drug-likeness (QED) is 0.842. The van der Waals surface area contributed by atoms with Crippen LogP contribution in [0.25, 0.3) is 0 Å². The number of hydrogen-bond donors (Lipinski definition) is 1. The summed E-state index contributed by atoms with van der Waals surface area (Å²) in [5.41, 5.74) is 0.745. The van der Waals surface area contributed by atoms with Gasteiger partial charge in [0, 0.05) is 13.6 Å². The molecule has 1 aliphatic heterocycles. The summed E-state index contributed by atoms with van der Waals surface area (Å²) in [6, 6.07) is 0.0526. The lowest BCUT2D eigenvalue weighted by molar-refractivity contribution is 0.0499. The molecule has 1 fully saturated rings. The van der Waals surface area contributed by atoms with E-state index < -0.39 is 6.10 Å². The maximum atomic E-state index is 10.7. The number of aromatic nitrogens is 2. The number of likely N-dealkylation sites (N-methyl/N-ethyl adjacent to an activating group) is 2. The Hall–Kier alpha value is -1.11. The van der Waals surface area contributed by atoms with Gasteiger partial charge in [-0.1, -0.05) is 0 Å². The molecule has 0 saturated carbocycles. The number of aliphatic hydroxyl groups excluding tert-OH is 1. The molecular formula is C13H24N4O2. The van der Waals surface area contributed by atoms with Crippen LogP contribution in [0.5, 0.6) is 5.75 Å². The summed E-state index contributed by atoms with van der Waals surface area (Å²) in [7, 11) is 7.60. The molecule has 0 radical (unpaired) electrons. The minimum Gasteiger partial charge on any atom is -0.493 e. The van der Waals surface area contributed by atoms with Crippen molar-refractivity contribution < 1.29 is 9.84 Å². The second kappa shape index (κ2) is 5.90. The second-order valence-corrected chi connectivity index (χ2v) is 5.33. The third-order valence-electron chi connectivity index (χ3n) is 3.93. The molecule has 1 N–H and O–H groups in total. The molecule has 1 aromatic rings. The van der Waals surface area contributed by atoms with E-state index >= 15 is 0 Å². The van der Waals surface area contributed by atoms with Crippen molar-refractivity contribution in [1.29, 1.82) is 0 Å². The predicted octanol–water partition coefficient (Wildman–Crippen LogP) is 0.0980. The molecule has 19 heavy (non-hydrogen) atoms. The summed E-state index contributed by atoms with van der Waals surface area (Å²) < 4.78 is 6.99. The summed E-state index contributed by atoms with van der Waals surface area (Å²) in [5.74, 6) is 0.648. The van der Waals surface area contributed by atoms with Crippen molar-refractivity contribution in [3.8, 4) is 5.75 Å². The third kappa shape index (κ3) is 2.91. The van der Waals surface area contributed by atoms with Crippen molar-refractivity contribution >= 4 is 0 Å². The molecule has 0 amide bonds. The maximum absolute atomic E-state index is 10.7. The minimum atomic E-state index is -0.604. The largest absolute Gasteiger partial charge is 0.493 e. The van der Waals surface area contributed by atoms with Crippen molar-refractivity contribution in [1.82, 2.24) is 19.6 Å². The Balaban J connectivity index is 2.25. The van der Waals surface area contributed by atoms with E-state index in [4.69, 9.17) is 4.74 Å². The van der Waals surface area contributed by atoms with Crippen LogP contribution in [-0.4, -0.2) is 71.6 Å². The van der Waals surface area contributed by atoms with Crippen molar-refractivity contribution in [2.75, 3.05) is 40.8 Å². The van der Waals surface area contributed by atoms with E-state index in [1.165, 1.54) is 0 Å². The average Bonchev–Trinajstić information content (AvgIpc) is 2.67. The van der Waals surface area contributed by atoms with Gasteiger partial charge in [-0.05, 0) is 33.6 Å². The van der Waals surface area contributed by atoms with Gasteiger partial charge in [0.25, 0.3) is 0 Å². The first kappa shape index (κ1) is 14.3. The molecule has 0 aromatic carbocycles. The van der Waals surface area contributed by atoms with Gasteiger partial charge in [0.1, 0.15) is 11.8 Å². The summed E-state index contributed by atoms with van der Waals surface area (Å²) in [6.07, 6.45) is 2.17. The van der Waals surface area contributed by atoms with Gasteiger partial charge in [0.05, 0.1) is 19.3 Å². The fourth-order valence-corrected chi connectivity index (χ4v) is 2.75. The van der Waals surface area contributed by atoms with Gasteiger partial charge in [-0.15, -0.1) is 0 Å². The molecule has 2 rings (SSSR count). The van der Waals surface area contributed by atoms with Crippen LogP contribution in [0.15, 0.2) is 6.20 Å². The topological polar surface area (TPSA) is 53.8 Å². The van der Waals surface area contributed by atoms with Crippen LogP contribution < -0.4 is 4.74 Å². The fraction of sp³-hybridized carbons (Fsp3) is 0.769. The normalized spacial score (nSPS) is 24.2. The van der Waals surface area contributed by atoms with E-state index in [1.54, 1.807) is 18.0 Å². The molecule has 2 heterocycles. The van der Waals surface area contributed by atoms with Gasteiger partial charge >= 0.3 is 0 Å². The van der Waals surface area contributed by atoms with Gasteiger partial charge in [0.15, 0.2) is 5.75 Å². The van der Waals surface area contributed by atoms with Gasteiger partial charge in [0.2, 0.25) is 0 Å². The molecule has 0 spiro atoms. The van der Waals surface area contributed by atoms with Crippen LogP contribution >= 0.6 is 0 Å². The Morgan fingerprint density at radius 2 is 2.11 bits per heavy atom. The molecule has 6 nitrogen and oxygen atoms in total. The van der Waals surface area contributed by atoms with E-state index in [9.17, 15) is 5.11 Å². The Morgan fingerprint density at radius 3 is 2.79 bits per heavy atom. The first-order valence-corrected chi connectivity index (χ1v) is 6.67. The number of hydrogen-bond acceptors (Lipinski definition) is 5. The Bertz CT molecular complexity index is 421. The Kier molecular flexibility index (Phi) is 4.44. The number of methoxy groups -OCH3 is 1. The standard InChI is InChI=1S/C13H24N4O2/c1-15-6-5-7-16(2)10(9-15)13(18)12-11(19-4)8-14-17(12)3/h8,10,13,18H,5-7,9H2,1-4H3. The summed E-state index contributed by atoms with van der Waals surface area (Å²) >= 11 is 0. The molecule has 1 saturated heterocycles. The fourth-order valence-electron chi connectivity index (χ4n) is 2.75. The Morgan fingerprint density at radius 1 is 1.37 bits per heavy atom. The highest BCUT2D eigenvalue weighted by Crippen LogP contribution is 2.29. The molecule has 0 aliphatic carbocycles. The van der Waals surface area contributed by atoms with E-state index in [-0.39, 0.29) is 6.04 Å². The van der Waals surface area contributed by atoms with Crippen LogP contribution in [0.2, 0.25) is 0 Å². The first-order chi connectivity index (χ1) is 9.04. The van der Waals surface area contributed by atoms with Gasteiger partial charge in [-0.2, -0.15) is 5.10 Å². The number of ether oxygens (including phenoxy) is 1.